The van der Waals surface area contributed by atoms with Crippen molar-refractivity contribution in [2.75, 3.05) is 6.54 Å². The van der Waals surface area contributed by atoms with E-state index < -0.39 is 6.10 Å². The number of fused-ring (bicyclic) bond motifs is 1. The summed E-state index contributed by atoms with van der Waals surface area (Å²) in [5, 5.41) is 0. The van der Waals surface area contributed by atoms with Crippen molar-refractivity contribution < 1.29 is 9.53 Å². The lowest BCUT2D eigenvalue weighted by molar-refractivity contribution is -0.137. The van der Waals surface area contributed by atoms with Crippen LogP contribution < -0.4 is 4.74 Å². The predicted molar refractivity (Wildman–Crippen MR) is 62.1 cm³/mol. The Kier molecular flexibility index (Phi) is 2.95. The predicted octanol–water partition coefficient (Wildman–Crippen LogP) is 1.98. The standard InChI is InChI=1S/C13H15NO2/c1-3-8-14-9-11-6-4-5-7-12(11)16-10(2)13(14)15/h3-7,10H,1,8-9H2,2H3. The van der Waals surface area contributed by atoms with Gasteiger partial charge in [-0.2, -0.15) is 0 Å². The van der Waals surface area contributed by atoms with Crippen LogP contribution in [0.15, 0.2) is 36.9 Å². The molecule has 1 heterocycles. The number of para-hydroxylation sites is 1. The molecule has 0 spiro atoms. The normalized spacial score (nSPS) is 19.7. The number of ether oxygens (including phenoxy) is 1. The Labute approximate surface area is 95.3 Å². The van der Waals surface area contributed by atoms with Gasteiger partial charge >= 0.3 is 0 Å². The Bertz CT molecular complexity index is 414. The molecule has 16 heavy (non-hydrogen) atoms. The van der Waals surface area contributed by atoms with Crippen LogP contribution in [0, 0.1) is 0 Å². The molecule has 1 amide bonds. The van der Waals surface area contributed by atoms with Crippen molar-refractivity contribution >= 4 is 5.91 Å². The molecule has 1 aromatic carbocycles. The van der Waals surface area contributed by atoms with Crippen LogP contribution >= 0.6 is 0 Å². The lowest BCUT2D eigenvalue weighted by Gasteiger charge is -2.20. The lowest BCUT2D eigenvalue weighted by Crippen LogP contribution is -2.37. The number of rotatable bonds is 2. The highest BCUT2D eigenvalue weighted by Crippen LogP contribution is 2.24. The highest BCUT2D eigenvalue weighted by molar-refractivity contribution is 5.81. The second kappa shape index (κ2) is 4.39. The Morgan fingerprint density at radius 3 is 3.06 bits per heavy atom. The molecule has 0 aromatic heterocycles. The van der Waals surface area contributed by atoms with Crippen LogP contribution in [-0.2, 0) is 11.3 Å². The van der Waals surface area contributed by atoms with Gasteiger partial charge in [-0.1, -0.05) is 24.3 Å². The molecule has 84 valence electrons. The van der Waals surface area contributed by atoms with Crippen molar-refractivity contribution in [1.29, 1.82) is 0 Å². The van der Waals surface area contributed by atoms with E-state index >= 15 is 0 Å². The van der Waals surface area contributed by atoms with Crippen LogP contribution in [-0.4, -0.2) is 23.5 Å². The van der Waals surface area contributed by atoms with Gasteiger partial charge in [0.05, 0.1) is 0 Å². The third-order valence-electron chi connectivity index (χ3n) is 2.65. The average Bonchev–Trinajstić information content (AvgIpc) is 2.40. The van der Waals surface area contributed by atoms with Crippen molar-refractivity contribution in [2.24, 2.45) is 0 Å². The monoisotopic (exact) mass is 217 g/mol. The van der Waals surface area contributed by atoms with Crippen molar-refractivity contribution in [3.63, 3.8) is 0 Å². The quantitative estimate of drug-likeness (QED) is 0.709. The van der Waals surface area contributed by atoms with Gasteiger partial charge in [-0.25, -0.2) is 0 Å². The molecule has 0 fully saturated rings. The van der Waals surface area contributed by atoms with E-state index in [1.165, 1.54) is 0 Å². The SMILES string of the molecule is C=CCN1Cc2ccccc2OC(C)C1=O. The van der Waals surface area contributed by atoms with E-state index in [0.29, 0.717) is 13.1 Å². The summed E-state index contributed by atoms with van der Waals surface area (Å²) >= 11 is 0. The zero-order valence-corrected chi connectivity index (χ0v) is 9.35. The minimum atomic E-state index is -0.427. The van der Waals surface area contributed by atoms with Crippen molar-refractivity contribution in [1.82, 2.24) is 4.90 Å². The van der Waals surface area contributed by atoms with Gasteiger partial charge < -0.3 is 9.64 Å². The molecule has 1 unspecified atom stereocenters. The van der Waals surface area contributed by atoms with Crippen LogP contribution in [0.5, 0.6) is 5.75 Å². The highest BCUT2D eigenvalue weighted by atomic mass is 16.5. The number of hydrogen-bond donors (Lipinski definition) is 0. The van der Waals surface area contributed by atoms with E-state index in [1.807, 2.05) is 24.3 Å². The van der Waals surface area contributed by atoms with Gasteiger partial charge in [0.1, 0.15) is 5.75 Å². The van der Waals surface area contributed by atoms with Crippen molar-refractivity contribution in [3.05, 3.63) is 42.5 Å². The smallest absolute Gasteiger partial charge is 0.263 e. The summed E-state index contributed by atoms with van der Waals surface area (Å²) in [6.07, 6.45) is 1.31. The van der Waals surface area contributed by atoms with Gasteiger partial charge in [0.25, 0.3) is 5.91 Å². The molecule has 0 aliphatic carbocycles. The number of hydrogen-bond acceptors (Lipinski definition) is 2. The summed E-state index contributed by atoms with van der Waals surface area (Å²) in [7, 11) is 0. The average molecular weight is 217 g/mol. The van der Waals surface area contributed by atoms with Gasteiger partial charge in [0.15, 0.2) is 6.10 Å². The van der Waals surface area contributed by atoms with Crippen molar-refractivity contribution in [2.45, 2.75) is 19.6 Å². The molecule has 2 rings (SSSR count). The van der Waals surface area contributed by atoms with E-state index in [4.69, 9.17) is 4.74 Å². The molecule has 1 aliphatic heterocycles. The van der Waals surface area contributed by atoms with Crippen molar-refractivity contribution in [3.8, 4) is 5.75 Å². The van der Waals surface area contributed by atoms with E-state index in [1.54, 1.807) is 17.9 Å². The first-order chi connectivity index (χ1) is 7.72. The third kappa shape index (κ3) is 1.94. The number of amides is 1. The van der Waals surface area contributed by atoms with Gasteiger partial charge in [0.2, 0.25) is 0 Å². The van der Waals surface area contributed by atoms with E-state index in [2.05, 4.69) is 6.58 Å². The molecule has 0 N–H and O–H groups in total. The fourth-order valence-electron chi connectivity index (χ4n) is 1.84. The highest BCUT2D eigenvalue weighted by Gasteiger charge is 2.26. The Balaban J connectivity index is 2.33. The fraction of sp³-hybridized carbons (Fsp3) is 0.308. The van der Waals surface area contributed by atoms with E-state index in [0.717, 1.165) is 11.3 Å². The van der Waals surface area contributed by atoms with E-state index in [-0.39, 0.29) is 5.91 Å². The molecule has 3 heteroatoms. The van der Waals surface area contributed by atoms with Crippen LogP contribution in [0.1, 0.15) is 12.5 Å². The van der Waals surface area contributed by atoms with E-state index in [9.17, 15) is 4.79 Å². The lowest BCUT2D eigenvalue weighted by atomic mass is 10.2. The Morgan fingerprint density at radius 2 is 2.31 bits per heavy atom. The molecular formula is C13H15NO2. The first kappa shape index (κ1) is 10.7. The summed E-state index contributed by atoms with van der Waals surface area (Å²) in [6.45, 7) is 6.59. The zero-order chi connectivity index (χ0) is 11.5. The van der Waals surface area contributed by atoms with Crippen LogP contribution in [0.25, 0.3) is 0 Å². The summed E-state index contributed by atoms with van der Waals surface area (Å²) < 4.78 is 5.62. The molecule has 1 atom stereocenters. The molecule has 0 radical (unpaired) electrons. The minimum absolute atomic E-state index is 0.0103. The second-order valence-corrected chi connectivity index (χ2v) is 3.88. The van der Waals surface area contributed by atoms with Crippen LogP contribution in [0.2, 0.25) is 0 Å². The molecular weight excluding hydrogens is 202 g/mol. The molecule has 0 saturated carbocycles. The number of nitrogens with zero attached hydrogens (tertiary/aromatic N) is 1. The molecule has 3 nitrogen and oxygen atoms in total. The van der Waals surface area contributed by atoms with Crippen LogP contribution in [0.4, 0.5) is 0 Å². The summed E-state index contributed by atoms with van der Waals surface area (Å²) in [6, 6.07) is 7.75. The van der Waals surface area contributed by atoms with Gasteiger partial charge in [-0.15, -0.1) is 6.58 Å². The van der Waals surface area contributed by atoms with Gasteiger partial charge in [-0.05, 0) is 13.0 Å². The first-order valence-electron chi connectivity index (χ1n) is 5.36. The Hall–Kier alpha value is -1.77. The fourth-order valence-corrected chi connectivity index (χ4v) is 1.84. The second-order valence-electron chi connectivity index (χ2n) is 3.88. The first-order valence-corrected chi connectivity index (χ1v) is 5.36. The number of carbonyl (C=O) groups excluding carboxylic acids is 1. The van der Waals surface area contributed by atoms with Gasteiger partial charge in [-0.3, -0.25) is 4.79 Å². The maximum atomic E-state index is 12.0. The topological polar surface area (TPSA) is 29.5 Å². The molecule has 1 aliphatic rings. The number of benzene rings is 1. The summed E-state index contributed by atoms with van der Waals surface area (Å²) in [4.78, 5) is 13.7. The minimum Gasteiger partial charge on any atom is -0.481 e. The largest absolute Gasteiger partial charge is 0.481 e. The number of carbonyl (C=O) groups is 1. The molecule has 1 aromatic rings. The maximum Gasteiger partial charge on any atom is 0.263 e. The maximum absolute atomic E-state index is 12.0. The summed E-state index contributed by atoms with van der Waals surface area (Å²) in [5.41, 5.74) is 1.04. The Morgan fingerprint density at radius 1 is 1.56 bits per heavy atom. The summed E-state index contributed by atoms with van der Waals surface area (Å²) in [5.74, 6) is 0.811. The zero-order valence-electron chi connectivity index (χ0n) is 9.35. The third-order valence-corrected chi connectivity index (χ3v) is 2.65. The molecule has 0 saturated heterocycles. The van der Waals surface area contributed by atoms with Crippen LogP contribution in [0.3, 0.4) is 0 Å². The molecule has 0 bridgehead atoms. The van der Waals surface area contributed by atoms with Gasteiger partial charge in [0, 0.05) is 18.7 Å².